The Morgan fingerprint density at radius 1 is 1.24 bits per heavy atom. The zero-order valence-electron chi connectivity index (χ0n) is 13.0. The Balaban J connectivity index is 1.84. The van der Waals surface area contributed by atoms with E-state index in [2.05, 4.69) is 31.8 Å². The molecule has 2 nitrogen and oxygen atoms in total. The van der Waals surface area contributed by atoms with Crippen molar-refractivity contribution in [3.8, 4) is 0 Å². The summed E-state index contributed by atoms with van der Waals surface area (Å²) >= 11 is 8.15. The molecule has 0 spiro atoms. The monoisotopic (exact) mass is 322 g/mol. The molecule has 4 heteroatoms. The van der Waals surface area contributed by atoms with Gasteiger partial charge in [0.15, 0.2) is 0 Å². The van der Waals surface area contributed by atoms with Gasteiger partial charge in [0.2, 0.25) is 0 Å². The van der Waals surface area contributed by atoms with Crippen LogP contribution in [0.2, 0.25) is 5.15 Å². The van der Waals surface area contributed by atoms with Crippen LogP contribution in [-0.4, -0.2) is 9.97 Å². The van der Waals surface area contributed by atoms with E-state index in [9.17, 15) is 0 Å². The molecule has 0 unspecified atom stereocenters. The number of nitrogens with zero attached hydrogens (tertiary/aromatic N) is 2. The highest BCUT2D eigenvalue weighted by Gasteiger charge is 2.26. The van der Waals surface area contributed by atoms with Crippen molar-refractivity contribution in [1.29, 1.82) is 0 Å². The fraction of sp³-hybridized carbons (Fsp3) is 0.647. The Bertz CT molecular complexity index is 627. The Hall–Kier alpha value is -0.670. The first-order valence-electron chi connectivity index (χ1n) is 8.04. The van der Waals surface area contributed by atoms with Crippen LogP contribution < -0.4 is 0 Å². The van der Waals surface area contributed by atoms with E-state index < -0.39 is 0 Å². The predicted octanol–water partition coefficient (Wildman–Crippen LogP) is 5.84. The van der Waals surface area contributed by atoms with Gasteiger partial charge in [0.25, 0.3) is 0 Å². The third kappa shape index (κ3) is 3.09. The normalized spacial score (nSPS) is 23.1. The van der Waals surface area contributed by atoms with E-state index >= 15 is 0 Å². The lowest BCUT2D eigenvalue weighted by Gasteiger charge is -2.30. The van der Waals surface area contributed by atoms with E-state index in [1.807, 2.05) is 0 Å². The van der Waals surface area contributed by atoms with Crippen molar-refractivity contribution in [3.63, 3.8) is 0 Å². The van der Waals surface area contributed by atoms with Gasteiger partial charge in [0, 0.05) is 16.2 Å². The molecule has 0 radical (unpaired) electrons. The van der Waals surface area contributed by atoms with Gasteiger partial charge in [-0.3, -0.25) is 0 Å². The highest BCUT2D eigenvalue weighted by molar-refractivity contribution is 7.18. The van der Waals surface area contributed by atoms with Crippen LogP contribution in [0.5, 0.6) is 0 Å². The van der Waals surface area contributed by atoms with E-state index in [1.54, 1.807) is 11.3 Å². The van der Waals surface area contributed by atoms with Crippen LogP contribution in [0.4, 0.5) is 0 Å². The first-order valence-corrected chi connectivity index (χ1v) is 9.23. The summed E-state index contributed by atoms with van der Waals surface area (Å²) < 4.78 is 0. The second-order valence-electron chi connectivity index (χ2n) is 6.51. The number of hydrogen-bond donors (Lipinski definition) is 0. The van der Waals surface area contributed by atoms with Gasteiger partial charge < -0.3 is 0 Å². The number of thiophene rings is 1. The molecule has 2 aromatic rings. The number of hydrogen-bond acceptors (Lipinski definition) is 3. The molecule has 3 rings (SSSR count). The Morgan fingerprint density at radius 2 is 1.95 bits per heavy atom. The second kappa shape index (κ2) is 6.21. The third-order valence-electron chi connectivity index (χ3n) is 4.84. The SMILES string of the molecule is CCc1cc2c(Cl)nc(C3CCC(C(C)C)CC3)nc2s1. The summed E-state index contributed by atoms with van der Waals surface area (Å²) in [6, 6.07) is 2.14. The van der Waals surface area contributed by atoms with Crippen molar-refractivity contribution in [3.05, 3.63) is 21.9 Å². The first-order chi connectivity index (χ1) is 10.1. The number of fused-ring (bicyclic) bond motifs is 1. The van der Waals surface area contributed by atoms with Gasteiger partial charge >= 0.3 is 0 Å². The minimum Gasteiger partial charge on any atom is -0.222 e. The van der Waals surface area contributed by atoms with Crippen LogP contribution >= 0.6 is 22.9 Å². The molecule has 114 valence electrons. The molecule has 0 N–H and O–H groups in total. The molecule has 1 aliphatic carbocycles. The van der Waals surface area contributed by atoms with E-state index in [0.717, 1.165) is 34.3 Å². The van der Waals surface area contributed by atoms with E-state index in [4.69, 9.17) is 16.6 Å². The quantitative estimate of drug-likeness (QED) is 0.664. The van der Waals surface area contributed by atoms with Crippen molar-refractivity contribution < 1.29 is 0 Å². The minimum absolute atomic E-state index is 0.495. The summed E-state index contributed by atoms with van der Waals surface area (Å²) in [7, 11) is 0. The smallest absolute Gasteiger partial charge is 0.141 e. The number of aryl methyl sites for hydroxylation is 1. The molecule has 0 amide bonds. The molecule has 0 atom stereocenters. The zero-order valence-corrected chi connectivity index (χ0v) is 14.6. The van der Waals surface area contributed by atoms with E-state index in [0.29, 0.717) is 11.1 Å². The molecule has 1 fully saturated rings. The highest BCUT2D eigenvalue weighted by atomic mass is 35.5. The molecule has 2 heterocycles. The lowest BCUT2D eigenvalue weighted by atomic mass is 9.77. The summed E-state index contributed by atoms with van der Waals surface area (Å²) in [6.07, 6.45) is 6.04. The molecular weight excluding hydrogens is 300 g/mol. The van der Waals surface area contributed by atoms with Crippen LogP contribution in [0.25, 0.3) is 10.2 Å². The Kier molecular flexibility index (Phi) is 4.51. The van der Waals surface area contributed by atoms with Crippen molar-refractivity contribution in [2.45, 2.75) is 58.8 Å². The molecule has 21 heavy (non-hydrogen) atoms. The fourth-order valence-electron chi connectivity index (χ4n) is 3.35. The van der Waals surface area contributed by atoms with Crippen LogP contribution in [0.1, 0.15) is 63.1 Å². The second-order valence-corrected chi connectivity index (χ2v) is 7.99. The molecular formula is C17H23ClN2S. The van der Waals surface area contributed by atoms with Crippen LogP contribution in [-0.2, 0) is 6.42 Å². The van der Waals surface area contributed by atoms with E-state index in [-0.39, 0.29) is 0 Å². The van der Waals surface area contributed by atoms with Crippen LogP contribution in [0, 0.1) is 11.8 Å². The lowest BCUT2D eigenvalue weighted by Crippen LogP contribution is -2.18. The lowest BCUT2D eigenvalue weighted by molar-refractivity contribution is 0.255. The first kappa shape index (κ1) is 15.2. The molecule has 1 saturated carbocycles. The zero-order chi connectivity index (χ0) is 15.0. The summed E-state index contributed by atoms with van der Waals surface area (Å²) in [5.41, 5.74) is 0. The third-order valence-corrected chi connectivity index (χ3v) is 6.30. The van der Waals surface area contributed by atoms with Gasteiger partial charge in [0.1, 0.15) is 15.8 Å². The van der Waals surface area contributed by atoms with Gasteiger partial charge in [-0.25, -0.2) is 9.97 Å². The molecule has 1 aliphatic rings. The van der Waals surface area contributed by atoms with Gasteiger partial charge in [0.05, 0.1) is 0 Å². The topological polar surface area (TPSA) is 25.8 Å². The average Bonchev–Trinajstić information content (AvgIpc) is 2.91. The largest absolute Gasteiger partial charge is 0.222 e. The fourth-order valence-corrected chi connectivity index (χ4v) is 4.61. The molecule has 0 aromatic carbocycles. The predicted molar refractivity (Wildman–Crippen MR) is 91.3 cm³/mol. The van der Waals surface area contributed by atoms with Crippen LogP contribution in [0.3, 0.4) is 0 Å². The maximum atomic E-state index is 6.39. The minimum atomic E-state index is 0.495. The Labute approximate surface area is 136 Å². The maximum Gasteiger partial charge on any atom is 0.141 e. The van der Waals surface area contributed by atoms with Crippen molar-refractivity contribution in [1.82, 2.24) is 9.97 Å². The molecule has 2 aromatic heterocycles. The van der Waals surface area contributed by atoms with Crippen LogP contribution in [0.15, 0.2) is 6.07 Å². The number of rotatable bonds is 3. The number of halogens is 1. The van der Waals surface area contributed by atoms with Crippen molar-refractivity contribution in [2.75, 3.05) is 0 Å². The van der Waals surface area contributed by atoms with Gasteiger partial charge in [-0.05, 0) is 50.0 Å². The molecule has 0 aliphatic heterocycles. The summed E-state index contributed by atoms with van der Waals surface area (Å²) in [6.45, 7) is 6.84. The summed E-state index contributed by atoms with van der Waals surface area (Å²) in [4.78, 5) is 11.8. The summed E-state index contributed by atoms with van der Waals surface area (Å²) in [5.74, 6) is 3.13. The standard InChI is InChI=1S/C17H23ClN2S/c1-4-13-9-14-15(18)19-16(20-17(14)21-13)12-7-5-11(6-8-12)10(2)3/h9-12H,4-8H2,1-3H3. The van der Waals surface area contributed by atoms with Gasteiger partial charge in [-0.1, -0.05) is 32.4 Å². The van der Waals surface area contributed by atoms with Gasteiger partial charge in [-0.15, -0.1) is 11.3 Å². The van der Waals surface area contributed by atoms with Crippen molar-refractivity contribution in [2.24, 2.45) is 11.8 Å². The van der Waals surface area contributed by atoms with E-state index in [1.165, 1.54) is 30.6 Å². The molecule has 0 saturated heterocycles. The average molecular weight is 323 g/mol. The van der Waals surface area contributed by atoms with Gasteiger partial charge in [-0.2, -0.15) is 0 Å². The highest BCUT2D eigenvalue weighted by Crippen LogP contribution is 2.39. The molecule has 0 bridgehead atoms. The summed E-state index contributed by atoms with van der Waals surface area (Å²) in [5, 5.41) is 1.66. The maximum absolute atomic E-state index is 6.39. The Morgan fingerprint density at radius 3 is 2.57 bits per heavy atom. The number of aromatic nitrogens is 2. The van der Waals surface area contributed by atoms with Crippen molar-refractivity contribution >= 4 is 33.2 Å².